The van der Waals surface area contributed by atoms with Gasteiger partial charge < -0.3 is 4.90 Å². The first-order valence-corrected chi connectivity index (χ1v) is 6.53. The highest BCUT2D eigenvalue weighted by molar-refractivity contribution is 7.71. The molecule has 0 bridgehead atoms. The molecule has 0 saturated carbocycles. The number of aromatic amines is 1. The Morgan fingerprint density at radius 2 is 2.31 bits per heavy atom. The lowest BCUT2D eigenvalue weighted by Crippen LogP contribution is -2.41. The van der Waals surface area contributed by atoms with Crippen molar-refractivity contribution in [2.24, 2.45) is 7.05 Å². The van der Waals surface area contributed by atoms with E-state index in [1.807, 2.05) is 11.6 Å². The average molecular weight is 240 g/mol. The number of anilines is 1. The molecule has 0 spiro atoms. The second-order valence-electron chi connectivity index (χ2n) is 4.52. The van der Waals surface area contributed by atoms with E-state index in [0.29, 0.717) is 10.8 Å². The van der Waals surface area contributed by atoms with Crippen molar-refractivity contribution in [2.45, 2.75) is 45.1 Å². The molecule has 1 fully saturated rings. The Labute approximate surface area is 102 Å². The van der Waals surface area contributed by atoms with Gasteiger partial charge in [0.05, 0.1) is 0 Å². The Balaban J connectivity index is 2.22. The maximum absolute atomic E-state index is 5.16. The minimum absolute atomic E-state index is 0.641. The van der Waals surface area contributed by atoms with Gasteiger partial charge in [0.25, 0.3) is 0 Å². The number of piperidine rings is 1. The van der Waals surface area contributed by atoms with Crippen molar-refractivity contribution in [1.82, 2.24) is 14.8 Å². The molecule has 0 aliphatic carbocycles. The van der Waals surface area contributed by atoms with E-state index in [4.69, 9.17) is 12.2 Å². The molecule has 1 aromatic heterocycles. The van der Waals surface area contributed by atoms with Gasteiger partial charge in [-0.2, -0.15) is 0 Å². The standard InChI is InChI=1S/C11H20N4S/c1-3-6-9-7-4-5-8-15(9)10-12-13-11(16)14(10)2/h9H,3-8H2,1-2H3,(H,13,16). The minimum Gasteiger partial charge on any atom is -0.338 e. The van der Waals surface area contributed by atoms with Crippen LogP contribution in [0.4, 0.5) is 5.95 Å². The van der Waals surface area contributed by atoms with Crippen molar-refractivity contribution in [2.75, 3.05) is 11.4 Å². The van der Waals surface area contributed by atoms with Gasteiger partial charge in [0, 0.05) is 19.6 Å². The van der Waals surface area contributed by atoms with Crippen molar-refractivity contribution in [3.05, 3.63) is 4.77 Å². The van der Waals surface area contributed by atoms with E-state index in [2.05, 4.69) is 22.0 Å². The largest absolute Gasteiger partial charge is 0.338 e. The molecule has 1 atom stereocenters. The first kappa shape index (κ1) is 11.6. The molecule has 1 aliphatic rings. The van der Waals surface area contributed by atoms with Crippen LogP contribution < -0.4 is 4.90 Å². The molecule has 0 aromatic carbocycles. The Hall–Kier alpha value is -0.840. The van der Waals surface area contributed by atoms with Crippen molar-refractivity contribution in [3.8, 4) is 0 Å². The van der Waals surface area contributed by atoms with E-state index in [1.54, 1.807) is 0 Å². The van der Waals surface area contributed by atoms with Crippen LogP contribution in [0.1, 0.15) is 39.0 Å². The summed E-state index contributed by atoms with van der Waals surface area (Å²) in [7, 11) is 1.98. The van der Waals surface area contributed by atoms with Gasteiger partial charge >= 0.3 is 0 Å². The quantitative estimate of drug-likeness (QED) is 0.825. The Bertz CT molecular complexity index is 393. The van der Waals surface area contributed by atoms with Crippen LogP contribution in [-0.2, 0) is 7.05 Å². The maximum atomic E-state index is 5.16. The average Bonchev–Trinajstić information content (AvgIpc) is 2.61. The van der Waals surface area contributed by atoms with Crippen LogP contribution in [0, 0.1) is 4.77 Å². The first-order valence-electron chi connectivity index (χ1n) is 6.12. The van der Waals surface area contributed by atoms with Crippen LogP contribution in [0.5, 0.6) is 0 Å². The molecule has 1 aliphatic heterocycles. The van der Waals surface area contributed by atoms with Crippen molar-refractivity contribution < 1.29 is 0 Å². The van der Waals surface area contributed by atoms with E-state index < -0.39 is 0 Å². The van der Waals surface area contributed by atoms with Gasteiger partial charge in [0.2, 0.25) is 5.95 Å². The Kier molecular flexibility index (Phi) is 3.63. The van der Waals surface area contributed by atoms with Gasteiger partial charge in [-0.25, -0.2) is 5.10 Å². The Morgan fingerprint density at radius 1 is 1.50 bits per heavy atom. The first-order chi connectivity index (χ1) is 7.74. The SMILES string of the molecule is CCCC1CCCCN1c1n[nH]c(=S)n1C. The fourth-order valence-corrected chi connectivity index (χ4v) is 2.62. The number of hydrogen-bond donors (Lipinski definition) is 1. The molecule has 1 saturated heterocycles. The summed E-state index contributed by atoms with van der Waals surface area (Å²) in [5, 5.41) is 7.21. The summed E-state index contributed by atoms with van der Waals surface area (Å²) < 4.78 is 2.68. The van der Waals surface area contributed by atoms with Gasteiger partial charge in [-0.3, -0.25) is 4.57 Å². The summed E-state index contributed by atoms with van der Waals surface area (Å²) in [6.45, 7) is 3.36. The molecular formula is C11H20N4S. The molecule has 4 nitrogen and oxygen atoms in total. The highest BCUT2D eigenvalue weighted by Crippen LogP contribution is 2.25. The fourth-order valence-electron chi connectivity index (χ4n) is 2.49. The number of aromatic nitrogens is 3. The highest BCUT2D eigenvalue weighted by Gasteiger charge is 2.24. The lowest BCUT2D eigenvalue weighted by atomic mass is 9.99. The molecule has 0 amide bonds. The molecule has 0 radical (unpaired) electrons. The summed E-state index contributed by atoms with van der Waals surface area (Å²) in [4.78, 5) is 2.42. The molecule has 1 N–H and O–H groups in total. The van der Waals surface area contributed by atoms with Gasteiger partial charge in [-0.1, -0.05) is 13.3 Å². The zero-order valence-electron chi connectivity index (χ0n) is 10.1. The predicted molar refractivity (Wildman–Crippen MR) is 68.3 cm³/mol. The zero-order valence-corrected chi connectivity index (χ0v) is 10.9. The van der Waals surface area contributed by atoms with Gasteiger partial charge in [0.1, 0.15) is 0 Å². The molecular weight excluding hydrogens is 220 g/mol. The lowest BCUT2D eigenvalue weighted by Gasteiger charge is -2.36. The monoisotopic (exact) mass is 240 g/mol. The highest BCUT2D eigenvalue weighted by atomic mass is 32.1. The summed E-state index contributed by atoms with van der Waals surface area (Å²) >= 11 is 5.16. The van der Waals surface area contributed by atoms with E-state index in [1.165, 1.54) is 32.1 Å². The van der Waals surface area contributed by atoms with E-state index in [9.17, 15) is 0 Å². The van der Waals surface area contributed by atoms with Crippen LogP contribution in [0.15, 0.2) is 0 Å². The summed E-state index contributed by atoms with van der Waals surface area (Å²) in [6, 6.07) is 0.641. The fraction of sp³-hybridized carbons (Fsp3) is 0.818. The summed E-state index contributed by atoms with van der Waals surface area (Å²) in [6.07, 6.45) is 6.37. The van der Waals surface area contributed by atoms with Gasteiger partial charge in [-0.15, -0.1) is 5.10 Å². The van der Waals surface area contributed by atoms with Crippen molar-refractivity contribution >= 4 is 18.2 Å². The molecule has 2 rings (SSSR count). The second-order valence-corrected chi connectivity index (χ2v) is 4.91. The van der Waals surface area contributed by atoms with Crippen molar-refractivity contribution in [1.29, 1.82) is 0 Å². The summed E-state index contributed by atoms with van der Waals surface area (Å²) in [5.41, 5.74) is 0. The van der Waals surface area contributed by atoms with Crippen LogP contribution in [0.25, 0.3) is 0 Å². The van der Waals surface area contributed by atoms with Crippen LogP contribution in [-0.4, -0.2) is 27.4 Å². The van der Waals surface area contributed by atoms with Gasteiger partial charge in [-0.05, 0) is 37.9 Å². The molecule has 16 heavy (non-hydrogen) atoms. The molecule has 5 heteroatoms. The third kappa shape index (κ3) is 2.14. The second kappa shape index (κ2) is 4.99. The third-order valence-corrected chi connectivity index (χ3v) is 3.73. The smallest absolute Gasteiger partial charge is 0.225 e. The molecule has 2 heterocycles. The molecule has 90 valence electrons. The zero-order chi connectivity index (χ0) is 11.5. The van der Waals surface area contributed by atoms with Crippen LogP contribution in [0.3, 0.4) is 0 Å². The van der Waals surface area contributed by atoms with Gasteiger partial charge in [0.15, 0.2) is 4.77 Å². The number of nitrogens with zero attached hydrogens (tertiary/aromatic N) is 3. The topological polar surface area (TPSA) is 36.9 Å². The number of H-pyrrole nitrogens is 1. The van der Waals surface area contributed by atoms with E-state index in [-0.39, 0.29) is 0 Å². The Morgan fingerprint density at radius 3 is 2.94 bits per heavy atom. The number of hydrogen-bond acceptors (Lipinski definition) is 3. The van der Waals surface area contributed by atoms with Crippen LogP contribution in [0.2, 0.25) is 0 Å². The third-order valence-electron chi connectivity index (χ3n) is 3.36. The predicted octanol–water partition coefficient (Wildman–Crippen LogP) is 2.64. The maximum Gasteiger partial charge on any atom is 0.225 e. The van der Waals surface area contributed by atoms with Crippen LogP contribution >= 0.6 is 12.2 Å². The number of rotatable bonds is 3. The van der Waals surface area contributed by atoms with E-state index >= 15 is 0 Å². The van der Waals surface area contributed by atoms with Crippen molar-refractivity contribution in [3.63, 3.8) is 0 Å². The minimum atomic E-state index is 0.641. The lowest BCUT2D eigenvalue weighted by molar-refractivity contribution is 0.425. The van der Waals surface area contributed by atoms with E-state index in [0.717, 1.165) is 12.5 Å². The number of nitrogens with one attached hydrogen (secondary N) is 1. The normalized spacial score (nSPS) is 21.4. The molecule has 1 unspecified atom stereocenters. The summed E-state index contributed by atoms with van der Waals surface area (Å²) in [5.74, 6) is 1.00. The molecule has 1 aromatic rings.